The van der Waals surface area contributed by atoms with E-state index in [1.807, 2.05) is 35.1 Å². The summed E-state index contributed by atoms with van der Waals surface area (Å²) in [6.07, 6.45) is 1.51. The minimum absolute atomic E-state index is 0.0208. The predicted octanol–water partition coefficient (Wildman–Crippen LogP) is 2.60. The van der Waals surface area contributed by atoms with E-state index >= 15 is 0 Å². The van der Waals surface area contributed by atoms with Gasteiger partial charge in [-0.3, -0.25) is 0 Å². The van der Waals surface area contributed by atoms with Crippen molar-refractivity contribution in [1.29, 1.82) is 0 Å². The third kappa shape index (κ3) is 4.51. The van der Waals surface area contributed by atoms with E-state index < -0.39 is 6.10 Å². The van der Waals surface area contributed by atoms with Crippen molar-refractivity contribution in [3.05, 3.63) is 32.9 Å². The number of benzene rings is 1. The van der Waals surface area contributed by atoms with Crippen LogP contribution < -0.4 is 0 Å². The molecule has 2 unspecified atom stereocenters. The number of aryl methyl sites for hydroxylation is 1. The molecule has 20 heavy (non-hydrogen) atoms. The van der Waals surface area contributed by atoms with Gasteiger partial charge in [0.05, 0.1) is 31.5 Å². The van der Waals surface area contributed by atoms with Gasteiger partial charge in [-0.2, -0.15) is 0 Å². The van der Waals surface area contributed by atoms with Crippen LogP contribution in [0.2, 0.25) is 0 Å². The number of aliphatic hydroxyl groups is 2. The van der Waals surface area contributed by atoms with Crippen molar-refractivity contribution in [3.8, 4) is 0 Å². The molecule has 0 bridgehead atoms. The molecule has 1 aromatic rings. The predicted molar refractivity (Wildman–Crippen MR) is 92.7 cm³/mol. The highest BCUT2D eigenvalue weighted by atomic mass is 127. The Morgan fingerprint density at radius 1 is 1.35 bits per heavy atom. The van der Waals surface area contributed by atoms with Crippen LogP contribution in [-0.4, -0.2) is 35.1 Å². The Kier molecular flexibility index (Phi) is 6.95. The standard InChI is InChI=1S/C14H18I2O4/c15-11-3-1-10(7-17)9(5-11)2-4-14-13(18)6-12(20-16)8-19-14/h1,3,5,12-14,17-18H,2,4,6-8H2/t12?,13?,14-/m0/s1. The minimum Gasteiger partial charge on any atom is -0.392 e. The lowest BCUT2D eigenvalue weighted by molar-refractivity contribution is -0.111. The van der Waals surface area contributed by atoms with Crippen LogP contribution in [0, 0.1) is 3.57 Å². The van der Waals surface area contributed by atoms with Crippen molar-refractivity contribution in [3.63, 3.8) is 0 Å². The molecule has 3 atom stereocenters. The van der Waals surface area contributed by atoms with Gasteiger partial charge in [0.2, 0.25) is 0 Å². The average Bonchev–Trinajstić information content (AvgIpc) is 2.46. The van der Waals surface area contributed by atoms with Crippen molar-refractivity contribution in [2.75, 3.05) is 6.61 Å². The number of hydrogen-bond donors (Lipinski definition) is 2. The molecule has 112 valence electrons. The van der Waals surface area contributed by atoms with Crippen molar-refractivity contribution in [2.24, 2.45) is 0 Å². The molecule has 0 aromatic heterocycles. The van der Waals surface area contributed by atoms with Crippen LogP contribution in [0.5, 0.6) is 0 Å². The lowest BCUT2D eigenvalue weighted by Crippen LogP contribution is -2.41. The fraction of sp³-hybridized carbons (Fsp3) is 0.571. The SMILES string of the molecule is OCc1ccc(I)cc1CC[C@@H]1OCC(OI)CC1O. The lowest BCUT2D eigenvalue weighted by Gasteiger charge is -2.32. The molecule has 1 saturated heterocycles. The summed E-state index contributed by atoms with van der Waals surface area (Å²) in [4.78, 5) is 0. The Hall–Kier alpha value is 0.520. The summed E-state index contributed by atoms with van der Waals surface area (Å²) in [5.74, 6) is 0. The van der Waals surface area contributed by atoms with E-state index in [9.17, 15) is 10.2 Å². The number of rotatable bonds is 5. The van der Waals surface area contributed by atoms with Gasteiger partial charge in [-0.25, -0.2) is 0 Å². The Morgan fingerprint density at radius 3 is 2.80 bits per heavy atom. The van der Waals surface area contributed by atoms with Gasteiger partial charge in [0.1, 0.15) is 23.0 Å². The zero-order chi connectivity index (χ0) is 14.5. The molecule has 1 heterocycles. The van der Waals surface area contributed by atoms with E-state index in [1.54, 1.807) is 0 Å². The van der Waals surface area contributed by atoms with Gasteiger partial charge in [0.25, 0.3) is 0 Å². The smallest absolute Gasteiger partial charge is 0.110 e. The van der Waals surface area contributed by atoms with Crippen molar-refractivity contribution in [2.45, 2.75) is 44.2 Å². The van der Waals surface area contributed by atoms with Gasteiger partial charge >= 0.3 is 0 Å². The quantitative estimate of drug-likeness (QED) is 0.606. The highest BCUT2D eigenvalue weighted by Crippen LogP contribution is 2.23. The highest BCUT2D eigenvalue weighted by Gasteiger charge is 2.30. The summed E-state index contributed by atoms with van der Waals surface area (Å²) in [6.45, 7) is 0.578. The normalized spacial score (nSPS) is 26.7. The fourth-order valence-electron chi connectivity index (χ4n) is 2.45. The monoisotopic (exact) mass is 504 g/mol. The molecule has 1 aliphatic rings. The first kappa shape index (κ1) is 16.9. The average molecular weight is 504 g/mol. The van der Waals surface area contributed by atoms with Gasteiger partial charge in [0.15, 0.2) is 0 Å². The minimum atomic E-state index is -0.483. The molecule has 0 amide bonds. The Bertz CT molecular complexity index is 441. The molecule has 2 rings (SSSR count). The molecule has 0 spiro atoms. The zero-order valence-electron chi connectivity index (χ0n) is 11.0. The molecule has 1 aliphatic heterocycles. The number of halogens is 2. The maximum atomic E-state index is 10.1. The van der Waals surface area contributed by atoms with Gasteiger partial charge in [-0.05, 0) is 58.7 Å². The molecule has 2 N–H and O–H groups in total. The maximum Gasteiger partial charge on any atom is 0.110 e. The van der Waals surface area contributed by atoms with Crippen LogP contribution in [0.25, 0.3) is 0 Å². The van der Waals surface area contributed by atoms with E-state index in [1.165, 1.54) is 0 Å². The van der Waals surface area contributed by atoms with Gasteiger partial charge in [-0.15, -0.1) is 0 Å². The van der Waals surface area contributed by atoms with Crippen LogP contribution in [0.4, 0.5) is 0 Å². The van der Waals surface area contributed by atoms with E-state index in [0.29, 0.717) is 13.0 Å². The van der Waals surface area contributed by atoms with Crippen molar-refractivity contribution < 1.29 is 18.0 Å². The molecular weight excluding hydrogens is 486 g/mol. The second kappa shape index (κ2) is 8.23. The molecule has 0 radical (unpaired) electrons. The third-order valence-electron chi connectivity index (χ3n) is 3.59. The number of ether oxygens (including phenoxy) is 1. The second-order valence-corrected chi connectivity index (χ2v) is 6.75. The Balaban J connectivity index is 1.94. The highest BCUT2D eigenvalue weighted by molar-refractivity contribution is 14.1. The van der Waals surface area contributed by atoms with Crippen molar-refractivity contribution >= 4 is 45.6 Å². The first-order valence-corrected chi connectivity index (χ1v) is 8.55. The maximum absolute atomic E-state index is 10.1. The molecule has 1 fully saturated rings. The van der Waals surface area contributed by atoms with E-state index in [4.69, 9.17) is 7.80 Å². The Morgan fingerprint density at radius 2 is 2.15 bits per heavy atom. The summed E-state index contributed by atoms with van der Waals surface area (Å²) >= 11 is 4.11. The Labute approximate surface area is 146 Å². The van der Waals surface area contributed by atoms with E-state index in [2.05, 4.69) is 28.7 Å². The van der Waals surface area contributed by atoms with Crippen LogP contribution >= 0.6 is 45.6 Å². The van der Waals surface area contributed by atoms with E-state index in [0.717, 1.165) is 27.5 Å². The molecular formula is C14H18I2O4. The summed E-state index contributed by atoms with van der Waals surface area (Å²) < 4.78 is 12.0. The largest absolute Gasteiger partial charge is 0.392 e. The number of aliphatic hydroxyl groups excluding tert-OH is 2. The topological polar surface area (TPSA) is 58.9 Å². The fourth-order valence-corrected chi connectivity index (χ4v) is 3.36. The lowest BCUT2D eigenvalue weighted by atomic mass is 9.96. The molecule has 6 heteroatoms. The summed E-state index contributed by atoms with van der Waals surface area (Å²) in [5, 5.41) is 19.4. The molecule has 1 aromatic carbocycles. The number of hydrogen-bond acceptors (Lipinski definition) is 4. The van der Waals surface area contributed by atoms with Crippen LogP contribution in [0.3, 0.4) is 0 Å². The van der Waals surface area contributed by atoms with Gasteiger partial charge in [-0.1, -0.05) is 6.07 Å². The first-order valence-electron chi connectivity index (χ1n) is 6.59. The summed E-state index contributed by atoms with van der Waals surface area (Å²) in [6, 6.07) is 6.02. The van der Waals surface area contributed by atoms with Gasteiger partial charge in [0, 0.05) is 9.99 Å². The van der Waals surface area contributed by atoms with Crippen LogP contribution in [-0.2, 0) is 20.8 Å². The summed E-state index contributed by atoms with van der Waals surface area (Å²) in [5.41, 5.74) is 2.08. The van der Waals surface area contributed by atoms with Crippen LogP contribution in [0.1, 0.15) is 24.0 Å². The van der Waals surface area contributed by atoms with Crippen LogP contribution in [0.15, 0.2) is 18.2 Å². The molecule has 0 aliphatic carbocycles. The summed E-state index contributed by atoms with van der Waals surface area (Å²) in [7, 11) is 0. The molecule has 4 nitrogen and oxygen atoms in total. The van der Waals surface area contributed by atoms with E-state index in [-0.39, 0.29) is 18.8 Å². The first-order chi connectivity index (χ1) is 9.63. The third-order valence-corrected chi connectivity index (χ3v) is 4.98. The van der Waals surface area contributed by atoms with Gasteiger partial charge < -0.3 is 18.0 Å². The molecule has 0 saturated carbocycles. The van der Waals surface area contributed by atoms with Crippen molar-refractivity contribution in [1.82, 2.24) is 0 Å². The zero-order valence-corrected chi connectivity index (χ0v) is 15.3. The second-order valence-electron chi connectivity index (χ2n) is 5.00.